The minimum absolute atomic E-state index is 0.233. The molecule has 0 N–H and O–H groups in total. The summed E-state index contributed by atoms with van der Waals surface area (Å²) in [5, 5.41) is 9.66. The largest absolute Gasteiger partial charge is 0.496 e. The van der Waals surface area contributed by atoms with Gasteiger partial charge in [-0.05, 0) is 6.07 Å². The van der Waals surface area contributed by atoms with Gasteiger partial charge in [0, 0.05) is 17.6 Å². The summed E-state index contributed by atoms with van der Waals surface area (Å²) in [5.41, 5.74) is 1.01. The molecule has 0 unspecified atom stereocenters. The van der Waals surface area contributed by atoms with E-state index in [1.807, 2.05) is 6.07 Å². The number of nitrogens with zero attached hydrogens (tertiary/aromatic N) is 2. The van der Waals surface area contributed by atoms with Crippen molar-refractivity contribution in [3.63, 3.8) is 0 Å². The maximum Gasteiger partial charge on any atom is 0.341 e. The Morgan fingerprint density at radius 2 is 2.16 bits per heavy atom. The summed E-state index contributed by atoms with van der Waals surface area (Å²) >= 11 is 6.10. The first-order valence-corrected chi connectivity index (χ1v) is 5.64. The molecule has 6 heteroatoms. The second-order valence-electron chi connectivity index (χ2n) is 3.66. The molecule has 1 aromatic carbocycles. The van der Waals surface area contributed by atoms with E-state index in [-0.39, 0.29) is 16.1 Å². The van der Waals surface area contributed by atoms with Crippen molar-refractivity contribution >= 4 is 28.5 Å². The second kappa shape index (κ2) is 5.12. The van der Waals surface area contributed by atoms with Gasteiger partial charge >= 0.3 is 5.97 Å². The van der Waals surface area contributed by atoms with Gasteiger partial charge in [-0.25, -0.2) is 4.79 Å². The van der Waals surface area contributed by atoms with E-state index in [1.54, 1.807) is 6.07 Å². The van der Waals surface area contributed by atoms with E-state index in [2.05, 4.69) is 9.72 Å². The molecule has 0 amide bonds. The minimum Gasteiger partial charge on any atom is -0.496 e. The zero-order valence-electron chi connectivity index (χ0n) is 10.2. The van der Waals surface area contributed by atoms with Crippen LogP contribution in [0, 0.1) is 11.3 Å². The molecule has 1 aromatic heterocycles. The highest BCUT2D eigenvalue weighted by molar-refractivity contribution is 6.36. The first-order chi connectivity index (χ1) is 9.12. The molecule has 0 spiro atoms. The molecule has 1 heterocycles. The Kier molecular flexibility index (Phi) is 3.54. The number of methoxy groups -OCH3 is 2. The molecule has 2 aromatic rings. The molecule has 0 saturated heterocycles. The molecule has 2 rings (SSSR count). The lowest BCUT2D eigenvalue weighted by atomic mass is 10.1. The Bertz CT molecular complexity index is 707. The minimum atomic E-state index is -0.544. The summed E-state index contributed by atoms with van der Waals surface area (Å²) in [4.78, 5) is 15.8. The average Bonchev–Trinajstić information content (AvgIpc) is 2.45. The number of benzene rings is 1. The van der Waals surface area contributed by atoms with Gasteiger partial charge in [0.25, 0.3) is 0 Å². The van der Waals surface area contributed by atoms with E-state index in [4.69, 9.17) is 21.6 Å². The van der Waals surface area contributed by atoms with E-state index in [0.717, 1.165) is 0 Å². The van der Waals surface area contributed by atoms with E-state index >= 15 is 0 Å². The molecular weight excluding hydrogens is 268 g/mol. The Balaban J connectivity index is 2.80. The fourth-order valence-corrected chi connectivity index (χ4v) is 1.95. The number of carbonyl (C=O) groups is 1. The summed E-state index contributed by atoms with van der Waals surface area (Å²) in [5.74, 6) is -0.204. The number of hydrogen-bond donors (Lipinski definition) is 0. The number of hydrogen-bond acceptors (Lipinski definition) is 5. The number of fused-ring (bicyclic) bond motifs is 1. The Morgan fingerprint density at radius 1 is 1.42 bits per heavy atom. The molecule has 0 saturated carbocycles. The lowest BCUT2D eigenvalue weighted by Gasteiger charge is -2.09. The van der Waals surface area contributed by atoms with Crippen LogP contribution in [0.25, 0.3) is 10.9 Å². The zero-order valence-corrected chi connectivity index (χ0v) is 11.0. The van der Waals surface area contributed by atoms with Crippen LogP contribution < -0.4 is 4.74 Å². The number of nitriles is 1. The molecule has 96 valence electrons. The highest BCUT2D eigenvalue weighted by Gasteiger charge is 2.17. The van der Waals surface area contributed by atoms with Gasteiger partial charge in [-0.3, -0.25) is 4.98 Å². The number of rotatable bonds is 2. The van der Waals surface area contributed by atoms with E-state index < -0.39 is 5.97 Å². The van der Waals surface area contributed by atoms with Gasteiger partial charge in [0.05, 0.1) is 30.3 Å². The van der Waals surface area contributed by atoms with Gasteiger partial charge in [-0.2, -0.15) is 5.26 Å². The Hall–Kier alpha value is -2.32. The molecule has 0 bridgehead atoms. The quantitative estimate of drug-likeness (QED) is 0.788. The molecule has 0 fully saturated rings. The maximum atomic E-state index is 11.7. The number of pyridine rings is 1. The van der Waals surface area contributed by atoms with Crippen LogP contribution in [0.3, 0.4) is 0 Å². The summed E-state index contributed by atoms with van der Waals surface area (Å²) < 4.78 is 9.80. The zero-order chi connectivity index (χ0) is 14.0. The third-order valence-corrected chi connectivity index (χ3v) is 3.06. The smallest absolute Gasteiger partial charge is 0.341 e. The molecule has 0 aliphatic heterocycles. The van der Waals surface area contributed by atoms with Crippen LogP contribution in [-0.4, -0.2) is 25.2 Å². The molecule has 0 aliphatic rings. The number of halogens is 1. The van der Waals surface area contributed by atoms with Crippen molar-refractivity contribution < 1.29 is 14.3 Å². The van der Waals surface area contributed by atoms with Crippen molar-refractivity contribution in [2.24, 2.45) is 0 Å². The predicted octanol–water partition coefficient (Wildman–Crippen LogP) is 2.56. The molecule has 0 aliphatic carbocycles. The highest BCUT2D eigenvalue weighted by atomic mass is 35.5. The SMILES string of the molecule is COC(=O)c1cc2c(Cl)c(C#N)cnc2cc1OC. The number of ether oxygens (including phenoxy) is 2. The maximum absolute atomic E-state index is 11.7. The van der Waals surface area contributed by atoms with Crippen molar-refractivity contribution in [1.29, 1.82) is 5.26 Å². The Morgan fingerprint density at radius 3 is 2.74 bits per heavy atom. The van der Waals surface area contributed by atoms with Crippen molar-refractivity contribution in [1.82, 2.24) is 4.98 Å². The van der Waals surface area contributed by atoms with Crippen LogP contribution in [0.4, 0.5) is 0 Å². The van der Waals surface area contributed by atoms with Gasteiger partial charge in [0.15, 0.2) is 0 Å². The van der Waals surface area contributed by atoms with Crippen LogP contribution in [0.5, 0.6) is 5.75 Å². The van der Waals surface area contributed by atoms with Crippen molar-refractivity contribution in [2.45, 2.75) is 0 Å². The third kappa shape index (κ3) is 2.18. The fraction of sp³-hybridized carbons (Fsp3) is 0.154. The van der Waals surface area contributed by atoms with Gasteiger partial charge in [-0.1, -0.05) is 11.6 Å². The average molecular weight is 277 g/mol. The van der Waals surface area contributed by atoms with Crippen LogP contribution >= 0.6 is 11.6 Å². The predicted molar refractivity (Wildman–Crippen MR) is 69.4 cm³/mol. The molecule has 5 nitrogen and oxygen atoms in total. The van der Waals surface area contributed by atoms with Crippen molar-refractivity contribution in [3.05, 3.63) is 34.5 Å². The van der Waals surface area contributed by atoms with Gasteiger partial charge in [-0.15, -0.1) is 0 Å². The summed E-state index contributed by atoms with van der Waals surface area (Å²) in [6, 6.07) is 5.02. The van der Waals surface area contributed by atoms with Crippen LogP contribution in [0.15, 0.2) is 18.3 Å². The van der Waals surface area contributed by atoms with Gasteiger partial charge < -0.3 is 9.47 Å². The monoisotopic (exact) mass is 276 g/mol. The van der Waals surface area contributed by atoms with Crippen LogP contribution in [-0.2, 0) is 4.74 Å². The molecule has 19 heavy (non-hydrogen) atoms. The van der Waals surface area contributed by atoms with Gasteiger partial charge in [0.2, 0.25) is 0 Å². The number of carbonyl (C=O) groups excluding carboxylic acids is 1. The first-order valence-electron chi connectivity index (χ1n) is 5.27. The second-order valence-corrected chi connectivity index (χ2v) is 4.04. The first kappa shape index (κ1) is 13.1. The normalized spacial score (nSPS) is 10.0. The third-order valence-electron chi connectivity index (χ3n) is 2.65. The molecule has 0 radical (unpaired) electrons. The lowest BCUT2D eigenvalue weighted by molar-refractivity contribution is 0.0597. The topological polar surface area (TPSA) is 72.2 Å². The fourth-order valence-electron chi connectivity index (χ4n) is 1.70. The summed E-state index contributed by atoms with van der Waals surface area (Å²) in [7, 11) is 2.72. The van der Waals surface area contributed by atoms with Gasteiger partial charge in [0.1, 0.15) is 17.4 Å². The highest BCUT2D eigenvalue weighted by Crippen LogP contribution is 2.31. The standard InChI is InChI=1S/C13H9ClN2O3/c1-18-11-4-10-8(3-9(11)13(17)19-2)12(14)7(5-15)6-16-10/h3-4,6H,1-2H3. The van der Waals surface area contributed by atoms with E-state index in [9.17, 15) is 4.79 Å². The molecule has 0 atom stereocenters. The van der Waals surface area contributed by atoms with Crippen LogP contribution in [0.2, 0.25) is 5.02 Å². The summed E-state index contributed by atoms with van der Waals surface area (Å²) in [6.07, 6.45) is 1.38. The summed E-state index contributed by atoms with van der Waals surface area (Å²) in [6.45, 7) is 0. The Labute approximate surface area is 114 Å². The number of esters is 1. The lowest BCUT2D eigenvalue weighted by Crippen LogP contribution is -2.04. The number of aromatic nitrogens is 1. The molecular formula is C13H9ClN2O3. The van der Waals surface area contributed by atoms with Crippen molar-refractivity contribution in [2.75, 3.05) is 14.2 Å². The van der Waals surface area contributed by atoms with Crippen molar-refractivity contribution in [3.8, 4) is 11.8 Å². The van der Waals surface area contributed by atoms with Crippen LogP contribution in [0.1, 0.15) is 15.9 Å². The van der Waals surface area contributed by atoms with E-state index in [1.165, 1.54) is 26.5 Å². The van der Waals surface area contributed by atoms with E-state index in [0.29, 0.717) is 16.7 Å².